The second-order valence-electron chi connectivity index (χ2n) is 6.45. The summed E-state index contributed by atoms with van der Waals surface area (Å²) < 4.78 is 0. The Balaban J connectivity index is 1.91. The van der Waals surface area contributed by atoms with Crippen LogP contribution in [0.15, 0.2) is 24.3 Å². The molecule has 4 nitrogen and oxygen atoms in total. The number of fused-ring (bicyclic) bond motifs is 1. The second kappa shape index (κ2) is 5.34. The maximum Gasteiger partial charge on any atom is 0.239 e. The number of nitrogens with two attached hydrogens (primary N) is 1. The number of carbonyl (C=O) groups is 1. The molecular formula is C17H25N3O. The average Bonchev–Trinajstić information content (AvgIpc) is 3.25. The van der Waals surface area contributed by atoms with Gasteiger partial charge in [0.2, 0.25) is 5.91 Å². The molecule has 3 N–H and O–H groups in total. The van der Waals surface area contributed by atoms with E-state index in [0.29, 0.717) is 18.5 Å². The van der Waals surface area contributed by atoms with Crippen molar-refractivity contribution in [1.82, 2.24) is 5.32 Å². The van der Waals surface area contributed by atoms with Crippen LogP contribution in [0.1, 0.15) is 32.3 Å². The fourth-order valence-corrected chi connectivity index (χ4v) is 3.73. The van der Waals surface area contributed by atoms with E-state index in [2.05, 4.69) is 41.4 Å². The van der Waals surface area contributed by atoms with Crippen LogP contribution < -0.4 is 16.0 Å². The highest BCUT2D eigenvalue weighted by molar-refractivity contribution is 5.86. The molecule has 1 heterocycles. The van der Waals surface area contributed by atoms with Crippen LogP contribution in [0.4, 0.5) is 5.69 Å². The summed E-state index contributed by atoms with van der Waals surface area (Å²) in [5, 5.41) is 3.42. The molecule has 0 spiro atoms. The lowest BCUT2D eigenvalue weighted by Gasteiger charge is -2.38. The molecule has 1 saturated carbocycles. The molecule has 0 radical (unpaired) electrons. The van der Waals surface area contributed by atoms with E-state index in [1.54, 1.807) is 0 Å². The number of primary amides is 1. The number of hydrogen-bond acceptors (Lipinski definition) is 3. The fourth-order valence-electron chi connectivity index (χ4n) is 3.73. The normalized spacial score (nSPS) is 23.7. The predicted octanol–water partition coefficient (Wildman–Crippen LogP) is 1.68. The third kappa shape index (κ3) is 2.42. The standard InChI is InChI=1S/C17H25N3O/c1-3-19-17(16(18)21,14-8-9-14)11-20-12(2)10-13-6-4-5-7-15(13)20/h4-7,12,14,19H,3,8-11H2,1-2H3,(H2,18,21). The van der Waals surface area contributed by atoms with Crippen LogP contribution in [0.2, 0.25) is 0 Å². The second-order valence-corrected chi connectivity index (χ2v) is 6.45. The van der Waals surface area contributed by atoms with E-state index in [4.69, 9.17) is 5.73 Å². The molecule has 0 saturated heterocycles. The van der Waals surface area contributed by atoms with Crippen molar-refractivity contribution in [2.45, 2.75) is 44.7 Å². The van der Waals surface area contributed by atoms with E-state index >= 15 is 0 Å². The van der Waals surface area contributed by atoms with E-state index in [0.717, 1.165) is 25.8 Å². The molecule has 4 heteroatoms. The van der Waals surface area contributed by atoms with Crippen molar-refractivity contribution in [3.05, 3.63) is 29.8 Å². The molecule has 1 fully saturated rings. The zero-order valence-corrected chi connectivity index (χ0v) is 12.9. The first kappa shape index (κ1) is 14.4. The van der Waals surface area contributed by atoms with Crippen LogP contribution in [0.5, 0.6) is 0 Å². The van der Waals surface area contributed by atoms with Crippen LogP contribution in [0.25, 0.3) is 0 Å². The van der Waals surface area contributed by atoms with Crippen molar-refractivity contribution >= 4 is 11.6 Å². The van der Waals surface area contributed by atoms with E-state index in [-0.39, 0.29) is 5.91 Å². The van der Waals surface area contributed by atoms with Gasteiger partial charge in [-0.2, -0.15) is 0 Å². The molecule has 2 unspecified atom stereocenters. The smallest absolute Gasteiger partial charge is 0.239 e. The van der Waals surface area contributed by atoms with Gasteiger partial charge < -0.3 is 16.0 Å². The van der Waals surface area contributed by atoms with Crippen LogP contribution in [-0.2, 0) is 11.2 Å². The first-order valence-electron chi connectivity index (χ1n) is 7.98. The summed E-state index contributed by atoms with van der Waals surface area (Å²) in [5.74, 6) is 0.179. The first-order chi connectivity index (χ1) is 10.1. The van der Waals surface area contributed by atoms with Crippen LogP contribution in [0.3, 0.4) is 0 Å². The molecule has 2 atom stereocenters. The predicted molar refractivity (Wildman–Crippen MR) is 85.3 cm³/mol. The summed E-state index contributed by atoms with van der Waals surface area (Å²) in [4.78, 5) is 14.6. The maximum atomic E-state index is 12.2. The number of carbonyl (C=O) groups excluding carboxylic acids is 1. The molecule has 1 aliphatic carbocycles. The van der Waals surface area contributed by atoms with Crippen molar-refractivity contribution in [2.75, 3.05) is 18.0 Å². The molecule has 0 aromatic heterocycles. The molecular weight excluding hydrogens is 262 g/mol. The highest BCUT2D eigenvalue weighted by Gasteiger charge is 2.51. The summed E-state index contributed by atoms with van der Waals surface area (Å²) in [6.07, 6.45) is 3.24. The number of nitrogens with zero attached hydrogens (tertiary/aromatic N) is 1. The zero-order valence-electron chi connectivity index (χ0n) is 12.9. The van der Waals surface area contributed by atoms with Gasteiger partial charge in [0.1, 0.15) is 5.54 Å². The van der Waals surface area contributed by atoms with Gasteiger partial charge in [-0.05, 0) is 50.3 Å². The highest BCUT2D eigenvalue weighted by atomic mass is 16.1. The SMILES string of the molecule is CCNC(CN1c2ccccc2CC1C)(C(N)=O)C1CC1. The third-order valence-electron chi connectivity index (χ3n) is 4.97. The molecule has 21 heavy (non-hydrogen) atoms. The molecule has 114 valence electrons. The van der Waals surface area contributed by atoms with Gasteiger partial charge >= 0.3 is 0 Å². The molecule has 1 aromatic rings. The van der Waals surface area contributed by atoms with Gasteiger partial charge in [0.15, 0.2) is 0 Å². The quantitative estimate of drug-likeness (QED) is 0.837. The molecule has 0 bridgehead atoms. The number of nitrogens with one attached hydrogen (secondary N) is 1. The van der Waals surface area contributed by atoms with Gasteiger partial charge in [0.25, 0.3) is 0 Å². The van der Waals surface area contributed by atoms with Gasteiger partial charge in [-0.15, -0.1) is 0 Å². The Kier molecular flexibility index (Phi) is 3.66. The number of benzene rings is 1. The minimum absolute atomic E-state index is 0.205. The Morgan fingerprint density at radius 2 is 2.14 bits per heavy atom. The molecule has 2 aliphatic rings. The molecule has 3 rings (SSSR count). The Morgan fingerprint density at radius 1 is 1.43 bits per heavy atom. The average molecular weight is 287 g/mol. The van der Waals surface area contributed by atoms with Crippen molar-refractivity contribution in [1.29, 1.82) is 0 Å². The van der Waals surface area contributed by atoms with Gasteiger partial charge in [-0.1, -0.05) is 25.1 Å². The fraction of sp³-hybridized carbons (Fsp3) is 0.588. The minimum atomic E-state index is -0.583. The minimum Gasteiger partial charge on any atom is -0.368 e. The lowest BCUT2D eigenvalue weighted by Crippen LogP contribution is -2.63. The van der Waals surface area contributed by atoms with E-state index < -0.39 is 5.54 Å². The Labute approximate surface area is 126 Å². The summed E-state index contributed by atoms with van der Waals surface area (Å²) >= 11 is 0. The van der Waals surface area contributed by atoms with Crippen LogP contribution in [0, 0.1) is 5.92 Å². The van der Waals surface area contributed by atoms with Crippen LogP contribution >= 0.6 is 0 Å². The molecule has 1 aliphatic heterocycles. The number of anilines is 1. The number of likely N-dealkylation sites (N-methyl/N-ethyl adjacent to an activating group) is 1. The number of para-hydroxylation sites is 1. The Morgan fingerprint density at radius 3 is 2.76 bits per heavy atom. The molecule has 1 amide bonds. The zero-order chi connectivity index (χ0) is 15.0. The Hall–Kier alpha value is -1.55. The summed E-state index contributed by atoms with van der Waals surface area (Å²) in [5.41, 5.74) is 7.86. The van der Waals surface area contributed by atoms with Crippen molar-refractivity contribution in [2.24, 2.45) is 11.7 Å². The van der Waals surface area contributed by atoms with E-state index in [1.807, 2.05) is 6.92 Å². The lowest BCUT2D eigenvalue weighted by molar-refractivity contribution is -0.125. The van der Waals surface area contributed by atoms with Crippen molar-refractivity contribution in [3.8, 4) is 0 Å². The number of amides is 1. The van der Waals surface area contributed by atoms with Gasteiger partial charge in [0, 0.05) is 18.3 Å². The lowest BCUT2D eigenvalue weighted by atomic mass is 9.90. The monoisotopic (exact) mass is 287 g/mol. The summed E-state index contributed by atoms with van der Waals surface area (Å²) in [6.45, 7) is 5.72. The summed E-state index contributed by atoms with van der Waals surface area (Å²) in [6, 6.07) is 8.91. The van der Waals surface area contributed by atoms with E-state index in [1.165, 1.54) is 11.3 Å². The van der Waals surface area contributed by atoms with Crippen molar-refractivity contribution < 1.29 is 4.79 Å². The van der Waals surface area contributed by atoms with Crippen LogP contribution in [-0.4, -0.2) is 30.6 Å². The summed E-state index contributed by atoms with van der Waals surface area (Å²) in [7, 11) is 0. The first-order valence-corrected chi connectivity index (χ1v) is 7.98. The largest absolute Gasteiger partial charge is 0.368 e. The van der Waals surface area contributed by atoms with Gasteiger partial charge in [0.05, 0.1) is 0 Å². The number of hydrogen-bond donors (Lipinski definition) is 2. The van der Waals surface area contributed by atoms with E-state index in [9.17, 15) is 4.79 Å². The van der Waals surface area contributed by atoms with Crippen molar-refractivity contribution in [3.63, 3.8) is 0 Å². The molecule has 1 aromatic carbocycles. The third-order valence-corrected chi connectivity index (χ3v) is 4.97. The Bertz CT molecular complexity index is 541. The van der Waals surface area contributed by atoms with Gasteiger partial charge in [-0.25, -0.2) is 0 Å². The number of rotatable bonds is 6. The maximum absolute atomic E-state index is 12.2. The topological polar surface area (TPSA) is 58.4 Å². The van der Waals surface area contributed by atoms with Gasteiger partial charge in [-0.3, -0.25) is 4.79 Å². The highest BCUT2D eigenvalue weighted by Crippen LogP contribution is 2.42.